The van der Waals surface area contributed by atoms with Crippen molar-refractivity contribution >= 4 is 21.6 Å². The van der Waals surface area contributed by atoms with Crippen LogP contribution in [0.5, 0.6) is 0 Å². The fraction of sp³-hybridized carbons (Fsp3) is 0.367. The van der Waals surface area contributed by atoms with Crippen LogP contribution in [-0.2, 0) is 33.2 Å². The summed E-state index contributed by atoms with van der Waals surface area (Å²) in [6, 6.07) is 23.0. The molecule has 0 spiro atoms. The average molecular weight is 574 g/mol. The zero-order valence-electron chi connectivity index (χ0n) is 22.3. The summed E-state index contributed by atoms with van der Waals surface area (Å²) in [6.07, 6.45) is -3.60. The third-order valence-corrected chi connectivity index (χ3v) is 8.92. The Morgan fingerprint density at radius 3 is 2.15 bits per heavy atom. The quantitative estimate of drug-likeness (QED) is 0.360. The molecular weight excluding hydrogens is 539 g/mol. The fourth-order valence-electron chi connectivity index (χ4n) is 5.08. The molecule has 0 unspecified atom stereocenters. The maximum absolute atomic E-state index is 13.5. The largest absolute Gasteiger partial charge is 0.416 e. The number of para-hydroxylation sites is 1. The number of carbonyl (C=O) groups excluding carboxylic acids is 1. The molecule has 1 N–H and O–H groups in total. The van der Waals surface area contributed by atoms with Crippen molar-refractivity contribution in [3.8, 4) is 0 Å². The highest BCUT2D eigenvalue weighted by Gasteiger charge is 2.34. The Kier molecular flexibility index (Phi) is 9.52. The van der Waals surface area contributed by atoms with Crippen LogP contribution in [0.3, 0.4) is 0 Å². The number of nitrogens with zero attached hydrogens (tertiary/aromatic N) is 2. The van der Waals surface area contributed by atoms with Gasteiger partial charge >= 0.3 is 6.18 Å². The number of hydrogen-bond acceptors (Lipinski definition) is 4. The van der Waals surface area contributed by atoms with E-state index in [1.165, 1.54) is 22.5 Å². The summed E-state index contributed by atoms with van der Waals surface area (Å²) in [5.74, 6) is -0.549. The number of alkyl halides is 3. The van der Waals surface area contributed by atoms with Gasteiger partial charge in [0.05, 0.1) is 23.4 Å². The van der Waals surface area contributed by atoms with Crippen molar-refractivity contribution in [3.05, 3.63) is 102 Å². The molecule has 0 aromatic heterocycles. The van der Waals surface area contributed by atoms with Crippen molar-refractivity contribution in [1.82, 2.24) is 10.2 Å². The first kappa shape index (κ1) is 29.6. The lowest BCUT2D eigenvalue weighted by Gasteiger charge is -2.38. The normalized spacial score (nSPS) is 15.9. The second-order valence-corrected chi connectivity index (χ2v) is 12.1. The van der Waals surface area contributed by atoms with Crippen LogP contribution in [0.15, 0.2) is 84.9 Å². The number of benzene rings is 3. The highest BCUT2D eigenvalue weighted by atomic mass is 32.2. The molecule has 1 aliphatic heterocycles. The molecule has 3 aromatic carbocycles. The van der Waals surface area contributed by atoms with Crippen LogP contribution in [0.2, 0.25) is 0 Å². The van der Waals surface area contributed by atoms with E-state index in [2.05, 4.69) is 10.2 Å². The van der Waals surface area contributed by atoms with Crippen LogP contribution in [0.25, 0.3) is 0 Å². The molecule has 1 fully saturated rings. The topological polar surface area (TPSA) is 69.7 Å². The van der Waals surface area contributed by atoms with E-state index in [4.69, 9.17) is 0 Å². The van der Waals surface area contributed by atoms with Crippen LogP contribution in [-0.4, -0.2) is 50.9 Å². The van der Waals surface area contributed by atoms with Gasteiger partial charge in [0.2, 0.25) is 15.9 Å². The SMILES string of the molecule is C[C@@H](CN(c1ccccc1)S(=O)(=O)Cc1ccccc1)N1CCC(NC(=O)Cc2ccccc2C(F)(F)F)CC1. The number of likely N-dealkylation sites (tertiary alicyclic amines) is 1. The van der Waals surface area contributed by atoms with Gasteiger partial charge in [-0.1, -0.05) is 66.7 Å². The summed E-state index contributed by atoms with van der Waals surface area (Å²) in [5, 5.41) is 2.88. The molecule has 1 aliphatic rings. The smallest absolute Gasteiger partial charge is 0.353 e. The number of rotatable bonds is 10. The lowest BCUT2D eigenvalue weighted by atomic mass is 10.0. The second kappa shape index (κ2) is 12.9. The van der Waals surface area contributed by atoms with E-state index >= 15 is 0 Å². The molecule has 1 atom stereocenters. The van der Waals surface area contributed by atoms with Crippen molar-refractivity contribution < 1.29 is 26.4 Å². The Morgan fingerprint density at radius 2 is 1.52 bits per heavy atom. The molecule has 0 aliphatic carbocycles. The van der Waals surface area contributed by atoms with Gasteiger partial charge in [0.25, 0.3) is 0 Å². The number of nitrogens with one attached hydrogen (secondary N) is 1. The molecule has 6 nitrogen and oxygen atoms in total. The van der Waals surface area contributed by atoms with Crippen LogP contribution < -0.4 is 9.62 Å². The van der Waals surface area contributed by atoms with Gasteiger partial charge in [-0.25, -0.2) is 8.42 Å². The molecular formula is C30H34F3N3O3S. The Labute approximate surface area is 233 Å². The van der Waals surface area contributed by atoms with Crippen LogP contribution in [0, 0.1) is 0 Å². The summed E-state index contributed by atoms with van der Waals surface area (Å²) in [5.41, 5.74) is 0.479. The van der Waals surface area contributed by atoms with Crippen LogP contribution in [0.4, 0.5) is 18.9 Å². The lowest BCUT2D eigenvalue weighted by Crippen LogP contribution is -2.51. The summed E-state index contributed by atoms with van der Waals surface area (Å²) in [7, 11) is -3.66. The van der Waals surface area contributed by atoms with E-state index in [0.29, 0.717) is 37.2 Å². The van der Waals surface area contributed by atoms with Crippen molar-refractivity contribution in [1.29, 1.82) is 0 Å². The Balaban J connectivity index is 1.35. The fourth-order valence-corrected chi connectivity index (χ4v) is 6.73. The first-order chi connectivity index (χ1) is 19.0. The molecule has 1 heterocycles. The molecule has 214 valence electrons. The number of amides is 1. The summed E-state index contributed by atoms with van der Waals surface area (Å²) < 4.78 is 68.3. The van der Waals surface area contributed by atoms with Gasteiger partial charge in [-0.15, -0.1) is 0 Å². The molecule has 0 radical (unpaired) electrons. The summed E-state index contributed by atoms with van der Waals surface area (Å²) in [4.78, 5) is 14.8. The highest BCUT2D eigenvalue weighted by molar-refractivity contribution is 7.92. The molecule has 10 heteroatoms. The van der Waals surface area contributed by atoms with Gasteiger partial charge in [0, 0.05) is 31.7 Å². The van der Waals surface area contributed by atoms with E-state index in [0.717, 1.165) is 6.07 Å². The molecule has 40 heavy (non-hydrogen) atoms. The minimum absolute atomic E-state index is 0.0451. The standard InChI is InChI=1S/C30H34F3N3O3S/c1-23(21-36(27-13-6-3-7-14-27)40(38,39)22-24-10-4-2-5-11-24)35-18-16-26(17-19-35)34-29(37)20-25-12-8-9-15-28(25)30(31,32)33/h2-15,23,26H,16-22H2,1H3,(H,34,37)/t23-/m0/s1. The van der Waals surface area contributed by atoms with E-state index in [9.17, 15) is 26.4 Å². The minimum Gasteiger partial charge on any atom is -0.353 e. The minimum atomic E-state index is -4.51. The first-order valence-corrected chi connectivity index (χ1v) is 14.9. The molecule has 3 aromatic rings. The number of piperidine rings is 1. The van der Waals surface area contributed by atoms with Gasteiger partial charge in [-0.3, -0.25) is 14.0 Å². The first-order valence-electron chi connectivity index (χ1n) is 13.3. The predicted molar refractivity (Wildman–Crippen MR) is 150 cm³/mol. The molecule has 1 saturated heterocycles. The maximum atomic E-state index is 13.5. The number of sulfonamides is 1. The third-order valence-electron chi connectivity index (χ3n) is 7.19. The molecule has 1 amide bonds. The monoisotopic (exact) mass is 573 g/mol. The summed E-state index contributed by atoms with van der Waals surface area (Å²) in [6.45, 7) is 3.52. The van der Waals surface area contributed by atoms with Gasteiger partial charge in [-0.2, -0.15) is 13.2 Å². The Hall–Kier alpha value is -3.37. The Morgan fingerprint density at radius 1 is 0.950 bits per heavy atom. The zero-order valence-corrected chi connectivity index (χ0v) is 23.2. The number of hydrogen-bond donors (Lipinski definition) is 1. The third kappa shape index (κ3) is 7.85. The molecule has 0 bridgehead atoms. The van der Waals surface area contributed by atoms with Gasteiger partial charge in [0.15, 0.2) is 0 Å². The van der Waals surface area contributed by atoms with Crippen LogP contribution in [0.1, 0.15) is 36.5 Å². The molecule has 4 rings (SSSR count). The summed E-state index contributed by atoms with van der Waals surface area (Å²) >= 11 is 0. The maximum Gasteiger partial charge on any atom is 0.416 e. The van der Waals surface area contributed by atoms with Crippen molar-refractivity contribution in [2.45, 2.75) is 50.2 Å². The van der Waals surface area contributed by atoms with Crippen molar-refractivity contribution in [2.75, 3.05) is 23.9 Å². The van der Waals surface area contributed by atoms with Crippen molar-refractivity contribution in [3.63, 3.8) is 0 Å². The molecule has 0 saturated carbocycles. The zero-order chi connectivity index (χ0) is 28.8. The van der Waals surface area contributed by atoms with Gasteiger partial charge in [0.1, 0.15) is 0 Å². The second-order valence-electron chi connectivity index (χ2n) is 10.2. The van der Waals surface area contributed by atoms with Crippen LogP contribution >= 0.6 is 0 Å². The average Bonchev–Trinajstić information content (AvgIpc) is 2.92. The van der Waals surface area contributed by atoms with E-state index in [1.54, 1.807) is 24.3 Å². The highest BCUT2D eigenvalue weighted by Crippen LogP contribution is 2.32. The van der Waals surface area contributed by atoms with E-state index < -0.39 is 27.7 Å². The van der Waals surface area contributed by atoms with E-state index in [1.807, 2.05) is 43.3 Å². The van der Waals surface area contributed by atoms with Gasteiger partial charge in [-0.05, 0) is 49.1 Å². The number of carbonyl (C=O) groups is 1. The van der Waals surface area contributed by atoms with Crippen molar-refractivity contribution in [2.24, 2.45) is 0 Å². The Bertz CT molecular complexity index is 1360. The predicted octanol–water partition coefficient (Wildman–Crippen LogP) is 5.25. The van der Waals surface area contributed by atoms with E-state index in [-0.39, 0.29) is 36.4 Å². The number of halogens is 3. The number of anilines is 1. The van der Waals surface area contributed by atoms with Gasteiger partial charge < -0.3 is 5.32 Å². The lowest BCUT2D eigenvalue weighted by molar-refractivity contribution is -0.138.